The van der Waals surface area contributed by atoms with Gasteiger partial charge in [0.05, 0.1) is 4.90 Å². The Balaban J connectivity index is 2.98. The first-order chi connectivity index (χ1) is 8.21. The van der Waals surface area contributed by atoms with E-state index in [9.17, 15) is 18.0 Å². The molecule has 7 nitrogen and oxygen atoms in total. The van der Waals surface area contributed by atoms with E-state index in [2.05, 4.69) is 5.32 Å². The van der Waals surface area contributed by atoms with Gasteiger partial charge in [-0.1, -0.05) is 6.07 Å². The number of aliphatic carboxylic acids is 1. The molecule has 0 aliphatic heterocycles. The Morgan fingerprint density at radius 1 is 1.39 bits per heavy atom. The van der Waals surface area contributed by atoms with Crippen LogP contribution in [0.4, 0.5) is 0 Å². The minimum atomic E-state index is -3.90. The van der Waals surface area contributed by atoms with E-state index in [1.165, 1.54) is 25.1 Å². The van der Waals surface area contributed by atoms with Crippen molar-refractivity contribution in [1.82, 2.24) is 5.32 Å². The van der Waals surface area contributed by atoms with Crippen LogP contribution >= 0.6 is 0 Å². The highest BCUT2D eigenvalue weighted by atomic mass is 32.2. The second-order valence-electron chi connectivity index (χ2n) is 3.61. The number of hydrogen-bond donors (Lipinski definition) is 3. The molecule has 8 heteroatoms. The van der Waals surface area contributed by atoms with Crippen LogP contribution in [-0.4, -0.2) is 31.4 Å². The number of rotatable bonds is 4. The lowest BCUT2D eigenvalue weighted by Crippen LogP contribution is -2.38. The molecule has 1 aromatic rings. The summed E-state index contributed by atoms with van der Waals surface area (Å²) < 4.78 is 22.2. The predicted molar refractivity (Wildman–Crippen MR) is 62.4 cm³/mol. The Hall–Kier alpha value is -1.93. The summed E-state index contributed by atoms with van der Waals surface area (Å²) in [6, 6.07) is 3.96. The average molecular weight is 272 g/mol. The number of amides is 1. The van der Waals surface area contributed by atoms with Crippen LogP contribution in [0, 0.1) is 0 Å². The van der Waals surface area contributed by atoms with Crippen molar-refractivity contribution in [2.45, 2.75) is 17.9 Å². The van der Waals surface area contributed by atoms with Gasteiger partial charge in [-0.15, -0.1) is 0 Å². The number of carbonyl (C=O) groups excluding carboxylic acids is 1. The summed E-state index contributed by atoms with van der Waals surface area (Å²) in [6.45, 7) is 1.30. The van der Waals surface area contributed by atoms with Crippen molar-refractivity contribution in [3.8, 4) is 0 Å². The van der Waals surface area contributed by atoms with Gasteiger partial charge in [0.1, 0.15) is 6.04 Å². The molecule has 1 aromatic carbocycles. The second kappa shape index (κ2) is 5.15. The molecule has 0 fully saturated rings. The molecule has 98 valence electrons. The first-order valence-electron chi connectivity index (χ1n) is 4.88. The fourth-order valence-corrected chi connectivity index (χ4v) is 1.72. The van der Waals surface area contributed by atoms with E-state index in [1.54, 1.807) is 0 Å². The predicted octanol–water partition coefficient (Wildman–Crippen LogP) is -0.463. The largest absolute Gasteiger partial charge is 0.480 e. The third-order valence-corrected chi connectivity index (χ3v) is 3.05. The number of carboxylic acids is 1. The number of sulfonamides is 1. The molecule has 0 bridgehead atoms. The third-order valence-electron chi connectivity index (χ3n) is 2.14. The van der Waals surface area contributed by atoms with Gasteiger partial charge in [-0.3, -0.25) is 9.59 Å². The summed E-state index contributed by atoms with van der Waals surface area (Å²) in [4.78, 5) is 22.0. The van der Waals surface area contributed by atoms with Gasteiger partial charge < -0.3 is 10.4 Å². The van der Waals surface area contributed by atoms with Gasteiger partial charge in [0.25, 0.3) is 5.91 Å². The molecular formula is C10H12N2O5S. The van der Waals surface area contributed by atoms with Crippen LogP contribution in [0.5, 0.6) is 0 Å². The Bertz CT molecular complexity index is 582. The van der Waals surface area contributed by atoms with Crippen LogP contribution in [0.1, 0.15) is 17.3 Å². The highest BCUT2D eigenvalue weighted by Crippen LogP contribution is 2.09. The van der Waals surface area contributed by atoms with E-state index in [1.807, 2.05) is 0 Å². The van der Waals surface area contributed by atoms with E-state index in [-0.39, 0.29) is 10.5 Å². The summed E-state index contributed by atoms with van der Waals surface area (Å²) in [6.07, 6.45) is 0. The zero-order chi connectivity index (χ0) is 13.9. The molecule has 1 unspecified atom stereocenters. The van der Waals surface area contributed by atoms with Crippen LogP contribution in [0.3, 0.4) is 0 Å². The average Bonchev–Trinajstić information content (AvgIpc) is 2.27. The van der Waals surface area contributed by atoms with Crippen LogP contribution in [0.25, 0.3) is 0 Å². The number of benzene rings is 1. The highest BCUT2D eigenvalue weighted by Gasteiger charge is 2.16. The number of hydrogen-bond acceptors (Lipinski definition) is 4. The van der Waals surface area contributed by atoms with Crippen molar-refractivity contribution in [2.75, 3.05) is 0 Å². The quantitative estimate of drug-likeness (QED) is 0.683. The van der Waals surface area contributed by atoms with Crippen LogP contribution in [0.15, 0.2) is 29.2 Å². The molecule has 0 heterocycles. The molecule has 18 heavy (non-hydrogen) atoms. The molecule has 0 aromatic heterocycles. The normalized spacial score (nSPS) is 12.8. The van der Waals surface area contributed by atoms with E-state index >= 15 is 0 Å². The van der Waals surface area contributed by atoms with Crippen molar-refractivity contribution < 1.29 is 23.1 Å². The van der Waals surface area contributed by atoms with Gasteiger partial charge in [0.15, 0.2) is 0 Å². The SMILES string of the molecule is CC(NC(=O)c1cccc(S(N)(=O)=O)c1)C(=O)O. The number of nitrogens with two attached hydrogens (primary N) is 1. The Labute approximate surface area is 104 Å². The maximum Gasteiger partial charge on any atom is 0.325 e. The summed E-state index contributed by atoms with van der Waals surface area (Å²) in [7, 11) is -3.90. The Morgan fingerprint density at radius 3 is 2.50 bits per heavy atom. The molecule has 0 saturated heterocycles. The molecule has 0 spiro atoms. The van der Waals surface area contributed by atoms with Crippen molar-refractivity contribution in [3.05, 3.63) is 29.8 Å². The van der Waals surface area contributed by atoms with Crippen molar-refractivity contribution in [1.29, 1.82) is 0 Å². The van der Waals surface area contributed by atoms with Crippen LogP contribution in [-0.2, 0) is 14.8 Å². The number of nitrogens with one attached hydrogen (secondary N) is 1. The monoisotopic (exact) mass is 272 g/mol. The second-order valence-corrected chi connectivity index (χ2v) is 5.17. The minimum Gasteiger partial charge on any atom is -0.480 e. The van der Waals surface area contributed by atoms with Crippen molar-refractivity contribution in [3.63, 3.8) is 0 Å². The van der Waals surface area contributed by atoms with Gasteiger partial charge in [-0.2, -0.15) is 0 Å². The van der Waals surface area contributed by atoms with Gasteiger partial charge in [0.2, 0.25) is 10.0 Å². The smallest absolute Gasteiger partial charge is 0.325 e. The molecule has 0 saturated carbocycles. The fourth-order valence-electron chi connectivity index (χ4n) is 1.16. The molecule has 4 N–H and O–H groups in total. The third kappa shape index (κ3) is 3.54. The molecule has 1 atom stereocenters. The maximum atomic E-state index is 11.6. The number of carbonyl (C=O) groups is 2. The van der Waals surface area contributed by atoms with Gasteiger partial charge in [-0.05, 0) is 25.1 Å². The molecule has 1 amide bonds. The fraction of sp³-hybridized carbons (Fsp3) is 0.200. The van der Waals surface area contributed by atoms with Crippen molar-refractivity contribution in [2.24, 2.45) is 5.14 Å². The standard InChI is InChI=1S/C10H12N2O5S/c1-6(10(14)15)12-9(13)7-3-2-4-8(5-7)18(11,16)17/h2-6H,1H3,(H,12,13)(H,14,15)(H2,11,16,17). The maximum absolute atomic E-state index is 11.6. The van der Waals surface area contributed by atoms with Gasteiger partial charge >= 0.3 is 5.97 Å². The lowest BCUT2D eigenvalue weighted by molar-refractivity contribution is -0.138. The highest BCUT2D eigenvalue weighted by molar-refractivity contribution is 7.89. The summed E-state index contributed by atoms with van der Waals surface area (Å²) >= 11 is 0. The molecule has 1 rings (SSSR count). The summed E-state index contributed by atoms with van der Waals surface area (Å²) in [5.74, 6) is -1.87. The van der Waals surface area contributed by atoms with E-state index in [0.717, 1.165) is 6.07 Å². The molecule has 0 radical (unpaired) electrons. The summed E-state index contributed by atoms with van der Waals surface area (Å²) in [5, 5.41) is 15.8. The number of carboxylic acid groups (broad SMARTS) is 1. The summed E-state index contributed by atoms with van der Waals surface area (Å²) in [5.41, 5.74) is 0.0228. The topological polar surface area (TPSA) is 127 Å². The lowest BCUT2D eigenvalue weighted by Gasteiger charge is -2.09. The zero-order valence-electron chi connectivity index (χ0n) is 9.45. The Kier molecular flexibility index (Phi) is 4.04. The molecular weight excluding hydrogens is 260 g/mol. The van der Waals surface area contributed by atoms with Gasteiger partial charge in [-0.25, -0.2) is 13.6 Å². The van der Waals surface area contributed by atoms with Crippen molar-refractivity contribution >= 4 is 21.9 Å². The van der Waals surface area contributed by atoms with Crippen LogP contribution in [0.2, 0.25) is 0 Å². The van der Waals surface area contributed by atoms with E-state index < -0.39 is 27.9 Å². The zero-order valence-corrected chi connectivity index (χ0v) is 10.3. The van der Waals surface area contributed by atoms with E-state index in [4.69, 9.17) is 10.2 Å². The molecule has 0 aliphatic rings. The molecule has 0 aliphatic carbocycles. The minimum absolute atomic E-state index is 0.0228. The van der Waals surface area contributed by atoms with E-state index in [0.29, 0.717) is 0 Å². The Morgan fingerprint density at radius 2 is 2.00 bits per heavy atom. The lowest BCUT2D eigenvalue weighted by atomic mass is 10.2. The van der Waals surface area contributed by atoms with Gasteiger partial charge in [0, 0.05) is 5.56 Å². The number of primary sulfonamides is 1. The van der Waals surface area contributed by atoms with Crippen LogP contribution < -0.4 is 10.5 Å². The first-order valence-corrected chi connectivity index (χ1v) is 6.43. The first kappa shape index (κ1) is 14.1.